The highest BCUT2D eigenvalue weighted by atomic mass is 16.3. The Labute approximate surface area is 94.9 Å². The van der Waals surface area contributed by atoms with Crippen molar-refractivity contribution in [1.82, 2.24) is 0 Å². The fourth-order valence-electron chi connectivity index (χ4n) is 1.48. The van der Waals surface area contributed by atoms with E-state index in [-0.39, 0.29) is 6.42 Å². The first-order valence-electron chi connectivity index (χ1n) is 5.21. The van der Waals surface area contributed by atoms with Crippen molar-refractivity contribution in [2.75, 3.05) is 6.54 Å². The van der Waals surface area contributed by atoms with Gasteiger partial charge in [-0.2, -0.15) is 5.26 Å². The van der Waals surface area contributed by atoms with Gasteiger partial charge in [-0.1, -0.05) is 24.3 Å². The van der Waals surface area contributed by atoms with E-state index in [1.165, 1.54) is 0 Å². The zero-order chi connectivity index (χ0) is 12.0. The van der Waals surface area contributed by atoms with Gasteiger partial charge in [-0.15, -0.1) is 0 Å². The Morgan fingerprint density at radius 3 is 2.38 bits per heavy atom. The SMILES string of the molecule is N#CCC(O)C(O)c1ccc(CCN)cc1. The molecule has 2 unspecified atom stereocenters. The molecule has 1 aromatic rings. The summed E-state index contributed by atoms with van der Waals surface area (Å²) in [5.41, 5.74) is 7.13. The molecule has 4 N–H and O–H groups in total. The minimum absolute atomic E-state index is 0.0777. The number of rotatable bonds is 5. The van der Waals surface area contributed by atoms with Gasteiger partial charge in [-0.3, -0.25) is 0 Å². The first-order valence-corrected chi connectivity index (χ1v) is 5.21. The number of nitrogens with two attached hydrogens (primary N) is 1. The van der Waals surface area contributed by atoms with Gasteiger partial charge in [-0.25, -0.2) is 0 Å². The van der Waals surface area contributed by atoms with Crippen LogP contribution in [-0.4, -0.2) is 22.9 Å². The molecule has 0 radical (unpaired) electrons. The zero-order valence-electron chi connectivity index (χ0n) is 9.00. The molecule has 0 aliphatic heterocycles. The summed E-state index contributed by atoms with van der Waals surface area (Å²) in [5.74, 6) is 0. The summed E-state index contributed by atoms with van der Waals surface area (Å²) in [6.07, 6.45) is -1.33. The summed E-state index contributed by atoms with van der Waals surface area (Å²) in [4.78, 5) is 0. The van der Waals surface area contributed by atoms with E-state index in [9.17, 15) is 10.2 Å². The van der Waals surface area contributed by atoms with E-state index in [4.69, 9.17) is 11.0 Å². The van der Waals surface area contributed by atoms with Crippen molar-refractivity contribution in [3.63, 3.8) is 0 Å². The monoisotopic (exact) mass is 220 g/mol. The Bertz CT molecular complexity index is 356. The summed E-state index contributed by atoms with van der Waals surface area (Å²) in [7, 11) is 0. The van der Waals surface area contributed by atoms with Crippen LogP contribution in [0.15, 0.2) is 24.3 Å². The molecule has 86 valence electrons. The van der Waals surface area contributed by atoms with Crippen molar-refractivity contribution in [2.24, 2.45) is 5.73 Å². The third-order valence-electron chi connectivity index (χ3n) is 2.42. The van der Waals surface area contributed by atoms with Crippen molar-refractivity contribution < 1.29 is 10.2 Å². The quantitative estimate of drug-likeness (QED) is 0.673. The predicted octanol–water partition coefficient (Wildman–Crippen LogP) is 0.496. The molecule has 2 atom stereocenters. The van der Waals surface area contributed by atoms with E-state index < -0.39 is 12.2 Å². The number of aliphatic hydroxyl groups is 2. The molecule has 0 heterocycles. The molecule has 0 aromatic heterocycles. The van der Waals surface area contributed by atoms with Gasteiger partial charge >= 0.3 is 0 Å². The summed E-state index contributed by atoms with van der Waals surface area (Å²) < 4.78 is 0. The lowest BCUT2D eigenvalue weighted by atomic mass is 10.0. The molecule has 0 aliphatic rings. The Hall–Kier alpha value is -1.41. The van der Waals surface area contributed by atoms with Crippen LogP contribution in [0.4, 0.5) is 0 Å². The lowest BCUT2D eigenvalue weighted by Gasteiger charge is -2.15. The van der Waals surface area contributed by atoms with Gasteiger partial charge in [0.15, 0.2) is 0 Å². The van der Waals surface area contributed by atoms with E-state index in [1.54, 1.807) is 12.1 Å². The molecular formula is C12H16N2O2. The average molecular weight is 220 g/mol. The van der Waals surface area contributed by atoms with E-state index in [0.29, 0.717) is 12.1 Å². The average Bonchev–Trinajstić information content (AvgIpc) is 2.30. The third-order valence-corrected chi connectivity index (χ3v) is 2.42. The molecule has 0 aliphatic carbocycles. The fourth-order valence-corrected chi connectivity index (χ4v) is 1.48. The highest BCUT2D eigenvalue weighted by Crippen LogP contribution is 2.19. The maximum Gasteiger partial charge on any atom is 0.106 e. The van der Waals surface area contributed by atoms with Crippen molar-refractivity contribution in [3.8, 4) is 6.07 Å². The van der Waals surface area contributed by atoms with E-state index in [1.807, 2.05) is 18.2 Å². The maximum atomic E-state index is 9.72. The van der Waals surface area contributed by atoms with Gasteiger partial charge in [0.05, 0.1) is 18.6 Å². The Balaban J connectivity index is 2.70. The summed E-state index contributed by atoms with van der Waals surface area (Å²) in [5, 5.41) is 27.6. The number of aliphatic hydroxyl groups excluding tert-OH is 2. The molecule has 1 aromatic carbocycles. The first-order chi connectivity index (χ1) is 7.69. The molecule has 4 nitrogen and oxygen atoms in total. The molecule has 0 saturated carbocycles. The second kappa shape index (κ2) is 6.23. The molecule has 0 saturated heterocycles. The third kappa shape index (κ3) is 3.31. The molecule has 0 spiro atoms. The van der Waals surface area contributed by atoms with E-state index in [2.05, 4.69) is 0 Å². The van der Waals surface area contributed by atoms with Crippen LogP contribution in [-0.2, 0) is 6.42 Å². The second-order valence-corrected chi connectivity index (χ2v) is 3.65. The van der Waals surface area contributed by atoms with Gasteiger partial charge in [0.25, 0.3) is 0 Å². The van der Waals surface area contributed by atoms with Crippen LogP contribution in [0.1, 0.15) is 23.7 Å². The molecule has 0 bridgehead atoms. The van der Waals surface area contributed by atoms with Crippen molar-refractivity contribution >= 4 is 0 Å². The van der Waals surface area contributed by atoms with Gasteiger partial charge in [0.2, 0.25) is 0 Å². The van der Waals surface area contributed by atoms with Gasteiger partial charge in [-0.05, 0) is 24.1 Å². The van der Waals surface area contributed by atoms with Crippen molar-refractivity contribution in [2.45, 2.75) is 25.0 Å². The largest absolute Gasteiger partial charge is 0.389 e. The maximum absolute atomic E-state index is 9.72. The van der Waals surface area contributed by atoms with Crippen LogP contribution in [0.2, 0.25) is 0 Å². The van der Waals surface area contributed by atoms with Crippen molar-refractivity contribution in [1.29, 1.82) is 5.26 Å². The summed E-state index contributed by atoms with van der Waals surface area (Å²) in [6, 6.07) is 9.05. The van der Waals surface area contributed by atoms with Crippen LogP contribution in [0.25, 0.3) is 0 Å². The highest BCUT2D eigenvalue weighted by Gasteiger charge is 2.17. The summed E-state index contributed by atoms with van der Waals surface area (Å²) in [6.45, 7) is 0.582. The first kappa shape index (κ1) is 12.7. The molecule has 1 rings (SSSR count). The lowest BCUT2D eigenvalue weighted by molar-refractivity contribution is 0.0216. The van der Waals surface area contributed by atoms with E-state index in [0.717, 1.165) is 12.0 Å². The second-order valence-electron chi connectivity index (χ2n) is 3.65. The highest BCUT2D eigenvalue weighted by molar-refractivity contribution is 5.25. The van der Waals surface area contributed by atoms with Crippen LogP contribution in [0.3, 0.4) is 0 Å². The Morgan fingerprint density at radius 1 is 1.25 bits per heavy atom. The van der Waals surface area contributed by atoms with Crippen LogP contribution < -0.4 is 5.73 Å². The molecular weight excluding hydrogens is 204 g/mol. The minimum Gasteiger partial charge on any atom is -0.389 e. The number of hydrogen-bond acceptors (Lipinski definition) is 4. The van der Waals surface area contributed by atoms with Gasteiger partial charge < -0.3 is 15.9 Å². The number of nitrogens with zero attached hydrogens (tertiary/aromatic N) is 1. The summed E-state index contributed by atoms with van der Waals surface area (Å²) >= 11 is 0. The zero-order valence-corrected chi connectivity index (χ0v) is 9.00. The Morgan fingerprint density at radius 2 is 1.88 bits per heavy atom. The number of nitriles is 1. The van der Waals surface area contributed by atoms with Gasteiger partial charge in [0.1, 0.15) is 6.10 Å². The van der Waals surface area contributed by atoms with Crippen molar-refractivity contribution in [3.05, 3.63) is 35.4 Å². The predicted molar refractivity (Wildman–Crippen MR) is 60.4 cm³/mol. The molecule has 4 heteroatoms. The topological polar surface area (TPSA) is 90.3 Å². The van der Waals surface area contributed by atoms with Crippen LogP contribution >= 0.6 is 0 Å². The minimum atomic E-state index is -1.04. The van der Waals surface area contributed by atoms with Crippen LogP contribution in [0.5, 0.6) is 0 Å². The van der Waals surface area contributed by atoms with Crippen LogP contribution in [0, 0.1) is 11.3 Å². The number of benzene rings is 1. The van der Waals surface area contributed by atoms with Gasteiger partial charge in [0, 0.05) is 0 Å². The molecule has 0 fully saturated rings. The molecule has 16 heavy (non-hydrogen) atoms. The number of hydrogen-bond donors (Lipinski definition) is 3. The fraction of sp³-hybridized carbons (Fsp3) is 0.417. The van der Waals surface area contributed by atoms with E-state index >= 15 is 0 Å². The Kier molecular flexibility index (Phi) is 4.93. The normalized spacial score (nSPS) is 14.1. The molecule has 0 amide bonds. The lowest BCUT2D eigenvalue weighted by Crippen LogP contribution is -2.17. The smallest absolute Gasteiger partial charge is 0.106 e. The standard InChI is InChI=1S/C12H16N2O2/c13-7-5-9-1-3-10(4-2-9)12(16)11(15)6-8-14/h1-4,11-12,15-16H,5-7,13H2.